The number of nitrogens with zero attached hydrogens (tertiary/aromatic N) is 1. The van der Waals surface area contributed by atoms with E-state index < -0.39 is 0 Å². The zero-order chi connectivity index (χ0) is 17.8. The van der Waals surface area contributed by atoms with E-state index in [2.05, 4.69) is 20.9 Å². The maximum absolute atomic E-state index is 11.7. The fraction of sp³-hybridized carbons (Fsp3) is 0.556. The summed E-state index contributed by atoms with van der Waals surface area (Å²) in [7, 11) is 0. The van der Waals surface area contributed by atoms with Gasteiger partial charge in [-0.05, 0) is 33.8 Å². The van der Waals surface area contributed by atoms with Crippen LogP contribution in [0.15, 0.2) is 29.3 Å². The molecular formula is C18H30N4O2. The number of hydrogen-bond acceptors (Lipinski definition) is 3. The van der Waals surface area contributed by atoms with Crippen LogP contribution in [0.3, 0.4) is 0 Å². The molecule has 0 unspecified atom stereocenters. The summed E-state index contributed by atoms with van der Waals surface area (Å²) in [5.41, 5.74) is 1.04. The van der Waals surface area contributed by atoms with Gasteiger partial charge in [0, 0.05) is 31.1 Å². The Morgan fingerprint density at radius 2 is 1.96 bits per heavy atom. The van der Waals surface area contributed by atoms with Gasteiger partial charge in [-0.15, -0.1) is 0 Å². The van der Waals surface area contributed by atoms with Crippen LogP contribution in [0, 0.1) is 0 Å². The topological polar surface area (TPSA) is 74.8 Å². The molecule has 0 bridgehead atoms. The molecule has 24 heavy (non-hydrogen) atoms. The molecule has 1 aromatic rings. The fourth-order valence-corrected chi connectivity index (χ4v) is 2.13. The second kappa shape index (κ2) is 11.3. The predicted molar refractivity (Wildman–Crippen MR) is 98.3 cm³/mol. The van der Waals surface area contributed by atoms with Crippen molar-refractivity contribution >= 4 is 11.9 Å². The number of carbonyl (C=O) groups is 1. The molecule has 6 nitrogen and oxygen atoms in total. The third kappa shape index (κ3) is 7.85. The first-order valence-electron chi connectivity index (χ1n) is 8.59. The molecule has 0 aliphatic heterocycles. The molecule has 1 aromatic carbocycles. The molecule has 0 spiro atoms. The van der Waals surface area contributed by atoms with Crippen molar-refractivity contribution in [2.75, 3.05) is 19.7 Å². The van der Waals surface area contributed by atoms with Gasteiger partial charge in [-0.2, -0.15) is 0 Å². The van der Waals surface area contributed by atoms with E-state index in [1.54, 1.807) is 0 Å². The number of ether oxygens (including phenoxy) is 1. The number of nitrogens with one attached hydrogen (secondary N) is 3. The van der Waals surface area contributed by atoms with E-state index in [9.17, 15) is 4.79 Å². The molecule has 6 heteroatoms. The SMILES string of the molecule is CCNC(=NCc1ccccc1OCC)NCCC(=O)NC(C)C. The maximum atomic E-state index is 11.7. The van der Waals surface area contributed by atoms with Crippen molar-refractivity contribution in [2.45, 2.75) is 46.7 Å². The molecule has 1 rings (SSSR count). The van der Waals surface area contributed by atoms with Gasteiger partial charge in [0.15, 0.2) is 5.96 Å². The Hall–Kier alpha value is -2.24. The van der Waals surface area contributed by atoms with E-state index in [0.717, 1.165) is 17.9 Å². The van der Waals surface area contributed by atoms with Crippen LogP contribution >= 0.6 is 0 Å². The Labute approximate surface area is 145 Å². The van der Waals surface area contributed by atoms with Crippen LogP contribution in [0.5, 0.6) is 5.75 Å². The number of hydrogen-bond donors (Lipinski definition) is 3. The van der Waals surface area contributed by atoms with Crippen LogP contribution in [0.4, 0.5) is 0 Å². The molecule has 134 valence electrons. The molecule has 1 amide bonds. The van der Waals surface area contributed by atoms with Crippen LogP contribution < -0.4 is 20.7 Å². The van der Waals surface area contributed by atoms with Gasteiger partial charge >= 0.3 is 0 Å². The van der Waals surface area contributed by atoms with E-state index in [-0.39, 0.29) is 11.9 Å². The van der Waals surface area contributed by atoms with Crippen molar-refractivity contribution in [3.8, 4) is 5.75 Å². The number of guanidine groups is 1. The number of rotatable bonds is 9. The zero-order valence-corrected chi connectivity index (χ0v) is 15.2. The van der Waals surface area contributed by atoms with Gasteiger partial charge in [-0.1, -0.05) is 18.2 Å². The van der Waals surface area contributed by atoms with Crippen LogP contribution in [0.25, 0.3) is 0 Å². The highest BCUT2D eigenvalue weighted by Gasteiger charge is 2.05. The van der Waals surface area contributed by atoms with E-state index in [1.807, 2.05) is 52.0 Å². The Kier molecular flexibility index (Phi) is 9.34. The second-order valence-corrected chi connectivity index (χ2v) is 5.63. The monoisotopic (exact) mass is 334 g/mol. The number of carbonyl (C=O) groups excluding carboxylic acids is 1. The van der Waals surface area contributed by atoms with Gasteiger partial charge < -0.3 is 20.7 Å². The summed E-state index contributed by atoms with van der Waals surface area (Å²) >= 11 is 0. The third-order valence-electron chi connectivity index (χ3n) is 3.12. The number of aliphatic imine (C=N–C) groups is 1. The first-order chi connectivity index (χ1) is 11.6. The summed E-state index contributed by atoms with van der Waals surface area (Å²) in [6.07, 6.45) is 0.415. The molecule has 0 saturated heterocycles. The van der Waals surface area contributed by atoms with Crippen LogP contribution in [-0.4, -0.2) is 37.6 Å². The van der Waals surface area contributed by atoms with Gasteiger partial charge in [0.25, 0.3) is 0 Å². The number of benzene rings is 1. The van der Waals surface area contributed by atoms with Crippen molar-refractivity contribution in [1.29, 1.82) is 0 Å². The molecular weight excluding hydrogens is 304 g/mol. The fourth-order valence-electron chi connectivity index (χ4n) is 2.13. The van der Waals surface area contributed by atoms with Gasteiger partial charge in [-0.25, -0.2) is 4.99 Å². The van der Waals surface area contributed by atoms with Gasteiger partial charge in [0.05, 0.1) is 13.2 Å². The number of amides is 1. The summed E-state index contributed by atoms with van der Waals surface area (Å²) < 4.78 is 5.62. The molecule has 0 saturated carbocycles. The first-order valence-corrected chi connectivity index (χ1v) is 8.59. The lowest BCUT2D eigenvalue weighted by Gasteiger charge is -2.13. The van der Waals surface area contributed by atoms with E-state index >= 15 is 0 Å². The van der Waals surface area contributed by atoms with Crippen LogP contribution in [-0.2, 0) is 11.3 Å². The van der Waals surface area contributed by atoms with Crippen LogP contribution in [0.2, 0.25) is 0 Å². The minimum Gasteiger partial charge on any atom is -0.494 e. The summed E-state index contributed by atoms with van der Waals surface area (Å²) in [6, 6.07) is 8.05. The first kappa shape index (κ1) is 19.8. The third-order valence-corrected chi connectivity index (χ3v) is 3.12. The molecule has 0 radical (unpaired) electrons. The lowest BCUT2D eigenvalue weighted by Crippen LogP contribution is -2.40. The van der Waals surface area contributed by atoms with Crippen molar-refractivity contribution in [1.82, 2.24) is 16.0 Å². The highest BCUT2D eigenvalue weighted by molar-refractivity contribution is 5.81. The van der Waals surface area contributed by atoms with Crippen molar-refractivity contribution in [2.24, 2.45) is 4.99 Å². The standard InChI is InChI=1S/C18H30N4O2/c1-5-19-18(20-12-11-17(23)22-14(3)4)21-13-15-9-7-8-10-16(15)24-6-2/h7-10,14H,5-6,11-13H2,1-4H3,(H,22,23)(H2,19,20,21). The molecule has 0 aromatic heterocycles. The van der Waals surface area contributed by atoms with Crippen molar-refractivity contribution < 1.29 is 9.53 Å². The average molecular weight is 334 g/mol. The summed E-state index contributed by atoms with van der Waals surface area (Å²) in [5, 5.41) is 9.24. The Morgan fingerprint density at radius 3 is 2.62 bits per heavy atom. The molecule has 0 aliphatic rings. The molecule has 0 fully saturated rings. The maximum Gasteiger partial charge on any atom is 0.221 e. The minimum absolute atomic E-state index is 0.0371. The van der Waals surface area contributed by atoms with E-state index in [4.69, 9.17) is 4.74 Å². The normalized spacial score (nSPS) is 11.3. The Balaban J connectivity index is 2.58. The van der Waals surface area contributed by atoms with Gasteiger partial charge in [-0.3, -0.25) is 4.79 Å². The van der Waals surface area contributed by atoms with Crippen LogP contribution in [0.1, 0.15) is 39.7 Å². The van der Waals surface area contributed by atoms with Crippen molar-refractivity contribution in [3.05, 3.63) is 29.8 Å². The summed E-state index contributed by atoms with van der Waals surface area (Å²) in [5.74, 6) is 1.59. The second-order valence-electron chi connectivity index (χ2n) is 5.63. The zero-order valence-electron chi connectivity index (χ0n) is 15.2. The van der Waals surface area contributed by atoms with E-state index in [1.165, 1.54) is 0 Å². The Bertz CT molecular complexity index is 530. The smallest absolute Gasteiger partial charge is 0.221 e. The minimum atomic E-state index is 0.0371. The highest BCUT2D eigenvalue weighted by Crippen LogP contribution is 2.18. The van der Waals surface area contributed by atoms with Crippen molar-refractivity contribution in [3.63, 3.8) is 0 Å². The molecule has 0 aliphatic carbocycles. The highest BCUT2D eigenvalue weighted by atomic mass is 16.5. The average Bonchev–Trinajstić information content (AvgIpc) is 2.53. The lowest BCUT2D eigenvalue weighted by molar-refractivity contribution is -0.121. The Morgan fingerprint density at radius 1 is 1.21 bits per heavy atom. The van der Waals surface area contributed by atoms with Gasteiger partial charge in [0.1, 0.15) is 5.75 Å². The summed E-state index contributed by atoms with van der Waals surface area (Å²) in [6.45, 7) is 10.3. The molecule has 3 N–H and O–H groups in total. The lowest BCUT2D eigenvalue weighted by atomic mass is 10.2. The molecule has 0 heterocycles. The number of para-hydroxylation sites is 1. The van der Waals surface area contributed by atoms with Gasteiger partial charge in [0.2, 0.25) is 5.91 Å². The predicted octanol–water partition coefficient (Wildman–Crippen LogP) is 2.06. The summed E-state index contributed by atoms with van der Waals surface area (Å²) in [4.78, 5) is 16.2. The quantitative estimate of drug-likeness (QED) is 0.477. The molecule has 0 atom stereocenters. The van der Waals surface area contributed by atoms with E-state index in [0.29, 0.717) is 32.1 Å². The largest absolute Gasteiger partial charge is 0.494 e.